The first-order valence-electron chi connectivity index (χ1n) is 7.48. The van der Waals surface area contributed by atoms with Crippen molar-refractivity contribution in [2.24, 2.45) is 0 Å². The van der Waals surface area contributed by atoms with E-state index in [1.54, 1.807) is 30.7 Å². The Bertz CT molecular complexity index is 597. The lowest BCUT2D eigenvalue weighted by molar-refractivity contribution is -0.111. The normalized spacial score (nSPS) is 11.4. The van der Waals surface area contributed by atoms with Gasteiger partial charge in [-0.1, -0.05) is 13.8 Å². The first-order chi connectivity index (χ1) is 10.7. The monoisotopic (exact) mass is 302 g/mol. The van der Waals surface area contributed by atoms with Crippen molar-refractivity contribution in [2.75, 3.05) is 25.0 Å². The summed E-state index contributed by atoms with van der Waals surface area (Å²) in [5.41, 5.74) is 0.689. The number of nitrogens with one attached hydrogen (secondary N) is 1. The van der Waals surface area contributed by atoms with E-state index >= 15 is 0 Å². The summed E-state index contributed by atoms with van der Waals surface area (Å²) in [6, 6.07) is 3.56. The number of furan rings is 1. The first kappa shape index (κ1) is 16.0. The van der Waals surface area contributed by atoms with Crippen LogP contribution in [0.15, 0.2) is 41.3 Å². The zero-order valence-electron chi connectivity index (χ0n) is 13.0. The van der Waals surface area contributed by atoms with E-state index in [-0.39, 0.29) is 5.91 Å². The van der Waals surface area contributed by atoms with Gasteiger partial charge >= 0.3 is 0 Å². The fraction of sp³-hybridized carbons (Fsp3) is 0.375. The Balaban J connectivity index is 1.82. The minimum Gasteiger partial charge on any atom is -0.465 e. The molecule has 0 aliphatic carbocycles. The van der Waals surface area contributed by atoms with Crippen molar-refractivity contribution in [1.82, 2.24) is 14.7 Å². The van der Waals surface area contributed by atoms with Crippen molar-refractivity contribution in [2.45, 2.75) is 20.4 Å². The number of likely N-dealkylation sites (N-methyl/N-ethyl adjacent to an activating group) is 1. The summed E-state index contributed by atoms with van der Waals surface area (Å²) in [5, 5.41) is 7.03. The molecular weight excluding hydrogens is 280 g/mol. The predicted octanol–water partition coefficient (Wildman–Crippen LogP) is 2.47. The van der Waals surface area contributed by atoms with Crippen LogP contribution in [0.1, 0.15) is 19.6 Å². The van der Waals surface area contributed by atoms with Gasteiger partial charge in [-0.3, -0.25) is 9.48 Å². The van der Waals surface area contributed by atoms with E-state index in [9.17, 15) is 4.79 Å². The molecule has 0 bridgehead atoms. The Hall–Kier alpha value is -2.34. The van der Waals surface area contributed by atoms with Gasteiger partial charge in [-0.15, -0.1) is 0 Å². The van der Waals surface area contributed by atoms with Crippen LogP contribution in [0.2, 0.25) is 0 Å². The van der Waals surface area contributed by atoms with Gasteiger partial charge in [-0.2, -0.15) is 5.10 Å². The van der Waals surface area contributed by atoms with E-state index in [0.29, 0.717) is 11.4 Å². The number of hydrogen-bond acceptors (Lipinski definition) is 4. The third-order valence-electron chi connectivity index (χ3n) is 3.38. The molecule has 2 rings (SSSR count). The SMILES string of the molecule is CCN(CC)CCn1cc(NC(=O)/C=C/c2ccco2)cn1. The van der Waals surface area contributed by atoms with Crippen molar-refractivity contribution < 1.29 is 9.21 Å². The van der Waals surface area contributed by atoms with E-state index in [2.05, 4.69) is 29.2 Å². The second-order valence-corrected chi connectivity index (χ2v) is 4.86. The summed E-state index contributed by atoms with van der Waals surface area (Å²) in [6.45, 7) is 8.09. The van der Waals surface area contributed by atoms with Gasteiger partial charge < -0.3 is 14.6 Å². The molecule has 2 aromatic heterocycles. The van der Waals surface area contributed by atoms with Crippen LogP contribution in [-0.4, -0.2) is 40.2 Å². The van der Waals surface area contributed by atoms with Gasteiger partial charge in [0, 0.05) is 18.8 Å². The molecule has 0 radical (unpaired) electrons. The molecule has 0 aromatic carbocycles. The number of amides is 1. The highest BCUT2D eigenvalue weighted by Gasteiger charge is 2.04. The van der Waals surface area contributed by atoms with Gasteiger partial charge in [0.2, 0.25) is 5.91 Å². The van der Waals surface area contributed by atoms with Gasteiger partial charge in [0.05, 0.1) is 24.7 Å². The number of carbonyl (C=O) groups excluding carboxylic acids is 1. The van der Waals surface area contributed by atoms with Gasteiger partial charge in [-0.25, -0.2) is 0 Å². The molecule has 0 saturated heterocycles. The zero-order valence-corrected chi connectivity index (χ0v) is 13.0. The quantitative estimate of drug-likeness (QED) is 0.761. The van der Waals surface area contributed by atoms with Crippen LogP contribution in [0.4, 0.5) is 5.69 Å². The van der Waals surface area contributed by atoms with Gasteiger partial charge in [0.15, 0.2) is 0 Å². The van der Waals surface area contributed by atoms with Gasteiger partial charge in [0.1, 0.15) is 5.76 Å². The van der Waals surface area contributed by atoms with Crippen molar-refractivity contribution in [3.05, 3.63) is 42.6 Å². The van der Waals surface area contributed by atoms with Crippen molar-refractivity contribution in [3.63, 3.8) is 0 Å². The molecule has 0 aliphatic heterocycles. The summed E-state index contributed by atoms with van der Waals surface area (Å²) in [4.78, 5) is 14.1. The molecular formula is C16H22N4O2. The molecule has 2 heterocycles. The maximum atomic E-state index is 11.8. The molecule has 6 heteroatoms. The maximum absolute atomic E-state index is 11.8. The van der Waals surface area contributed by atoms with Crippen LogP contribution in [0.3, 0.4) is 0 Å². The number of rotatable bonds is 8. The van der Waals surface area contributed by atoms with Crippen LogP contribution < -0.4 is 5.32 Å². The topological polar surface area (TPSA) is 63.3 Å². The summed E-state index contributed by atoms with van der Waals surface area (Å²) in [6.07, 6.45) is 8.12. The number of nitrogens with zero attached hydrogens (tertiary/aromatic N) is 3. The average Bonchev–Trinajstić information content (AvgIpc) is 3.18. The molecule has 0 saturated carbocycles. The second kappa shape index (κ2) is 8.19. The third kappa shape index (κ3) is 4.89. The highest BCUT2D eigenvalue weighted by atomic mass is 16.3. The lowest BCUT2D eigenvalue weighted by atomic mass is 10.4. The van der Waals surface area contributed by atoms with Crippen LogP contribution in [0, 0.1) is 0 Å². The Kier molecular flexibility index (Phi) is 5.97. The van der Waals surface area contributed by atoms with Gasteiger partial charge in [0.25, 0.3) is 0 Å². The molecule has 0 aliphatic rings. The minimum atomic E-state index is -0.209. The molecule has 1 amide bonds. The lowest BCUT2D eigenvalue weighted by Crippen LogP contribution is -2.27. The van der Waals surface area contributed by atoms with Crippen LogP contribution in [0.5, 0.6) is 0 Å². The molecule has 0 unspecified atom stereocenters. The zero-order chi connectivity index (χ0) is 15.8. The summed E-state index contributed by atoms with van der Waals surface area (Å²) < 4.78 is 6.96. The Morgan fingerprint density at radius 1 is 1.45 bits per heavy atom. The standard InChI is InChI=1S/C16H22N4O2/c1-3-19(4-2)9-10-20-13-14(12-17-20)18-16(21)8-7-15-6-5-11-22-15/h5-8,11-13H,3-4,9-10H2,1-2H3,(H,18,21)/b8-7+. The average molecular weight is 302 g/mol. The van der Waals surface area contributed by atoms with Crippen molar-refractivity contribution in [1.29, 1.82) is 0 Å². The van der Waals surface area contributed by atoms with Crippen LogP contribution >= 0.6 is 0 Å². The first-order valence-corrected chi connectivity index (χ1v) is 7.48. The smallest absolute Gasteiger partial charge is 0.248 e. The molecule has 0 spiro atoms. The molecule has 2 aromatic rings. The van der Waals surface area contributed by atoms with E-state index in [4.69, 9.17) is 4.42 Å². The molecule has 118 valence electrons. The fourth-order valence-electron chi connectivity index (χ4n) is 2.06. The van der Waals surface area contributed by atoms with Crippen LogP contribution in [-0.2, 0) is 11.3 Å². The summed E-state index contributed by atoms with van der Waals surface area (Å²) in [7, 11) is 0. The molecule has 22 heavy (non-hydrogen) atoms. The van der Waals surface area contributed by atoms with Crippen molar-refractivity contribution in [3.8, 4) is 0 Å². The Morgan fingerprint density at radius 2 is 2.27 bits per heavy atom. The second-order valence-electron chi connectivity index (χ2n) is 4.86. The van der Waals surface area contributed by atoms with Crippen molar-refractivity contribution >= 4 is 17.7 Å². The van der Waals surface area contributed by atoms with Gasteiger partial charge in [-0.05, 0) is 31.3 Å². The molecule has 0 atom stereocenters. The minimum absolute atomic E-state index is 0.209. The largest absolute Gasteiger partial charge is 0.465 e. The Labute approximate surface area is 130 Å². The summed E-state index contributed by atoms with van der Waals surface area (Å²) >= 11 is 0. The number of hydrogen-bond donors (Lipinski definition) is 1. The van der Waals surface area contributed by atoms with Crippen LogP contribution in [0.25, 0.3) is 6.08 Å². The Morgan fingerprint density at radius 3 is 2.95 bits per heavy atom. The predicted molar refractivity (Wildman–Crippen MR) is 86.4 cm³/mol. The number of anilines is 1. The fourth-order valence-corrected chi connectivity index (χ4v) is 2.06. The third-order valence-corrected chi connectivity index (χ3v) is 3.38. The van der Waals surface area contributed by atoms with E-state index in [0.717, 1.165) is 26.2 Å². The maximum Gasteiger partial charge on any atom is 0.248 e. The lowest BCUT2D eigenvalue weighted by Gasteiger charge is -2.17. The highest BCUT2D eigenvalue weighted by molar-refractivity contribution is 6.01. The molecule has 0 fully saturated rings. The van der Waals surface area contributed by atoms with E-state index in [1.165, 1.54) is 6.08 Å². The molecule has 6 nitrogen and oxygen atoms in total. The van der Waals surface area contributed by atoms with E-state index < -0.39 is 0 Å². The molecule has 1 N–H and O–H groups in total. The summed E-state index contributed by atoms with van der Waals surface area (Å²) in [5.74, 6) is 0.435. The van der Waals surface area contributed by atoms with E-state index in [1.807, 2.05) is 10.9 Å². The highest BCUT2D eigenvalue weighted by Crippen LogP contribution is 2.06. The number of aromatic nitrogens is 2. The number of carbonyl (C=O) groups is 1.